The topological polar surface area (TPSA) is 69.9 Å². The Morgan fingerprint density at radius 3 is 2.50 bits per heavy atom. The molecule has 4 aromatic rings. The number of para-hydroxylation sites is 1. The lowest BCUT2D eigenvalue weighted by molar-refractivity contribution is -0.138. The fourth-order valence-electron chi connectivity index (χ4n) is 4.56. The van der Waals surface area contributed by atoms with Gasteiger partial charge in [0.25, 0.3) is 5.56 Å². The van der Waals surface area contributed by atoms with Crippen molar-refractivity contribution < 1.29 is 14.3 Å². The molecule has 6 nitrogen and oxygen atoms in total. The minimum Gasteiger partial charge on any atom is -0.489 e. The third-order valence-corrected chi connectivity index (χ3v) is 8.09. The molecular formula is C32H28N2O4S2. The Balaban J connectivity index is 1.79. The first-order chi connectivity index (χ1) is 19.5. The van der Waals surface area contributed by atoms with Gasteiger partial charge in [0, 0.05) is 16.0 Å². The van der Waals surface area contributed by atoms with Gasteiger partial charge in [-0.1, -0.05) is 84.7 Å². The molecule has 5 rings (SSSR count). The predicted molar refractivity (Wildman–Crippen MR) is 161 cm³/mol. The third kappa shape index (κ3) is 5.46. The number of hydrogen-bond donors (Lipinski definition) is 0. The summed E-state index contributed by atoms with van der Waals surface area (Å²) >= 11 is 2.91. The van der Waals surface area contributed by atoms with Gasteiger partial charge >= 0.3 is 5.97 Å². The first-order valence-electron chi connectivity index (χ1n) is 12.8. The van der Waals surface area contributed by atoms with E-state index in [9.17, 15) is 9.59 Å². The molecule has 3 aromatic carbocycles. The van der Waals surface area contributed by atoms with Gasteiger partial charge in [0.15, 0.2) is 4.80 Å². The fraction of sp³-hybridized carbons (Fsp3) is 0.156. The van der Waals surface area contributed by atoms with Gasteiger partial charge in [-0.25, -0.2) is 9.79 Å². The van der Waals surface area contributed by atoms with Crippen LogP contribution in [0.1, 0.15) is 29.7 Å². The van der Waals surface area contributed by atoms with Crippen LogP contribution < -0.4 is 19.6 Å². The molecule has 8 heteroatoms. The summed E-state index contributed by atoms with van der Waals surface area (Å²) in [6.07, 6.45) is 5.49. The molecule has 1 aliphatic heterocycles. The van der Waals surface area contributed by atoms with E-state index in [4.69, 9.17) is 14.5 Å². The summed E-state index contributed by atoms with van der Waals surface area (Å²) in [4.78, 5) is 34.1. The fourth-order valence-corrected chi connectivity index (χ4v) is 5.96. The van der Waals surface area contributed by atoms with Crippen molar-refractivity contribution in [3.8, 4) is 5.75 Å². The quantitative estimate of drug-likeness (QED) is 0.157. The summed E-state index contributed by atoms with van der Waals surface area (Å²) in [5, 5.41) is 0. The molecule has 0 unspecified atom stereocenters. The second kappa shape index (κ2) is 12.4. The maximum absolute atomic E-state index is 14.1. The van der Waals surface area contributed by atoms with Crippen molar-refractivity contribution in [3.05, 3.63) is 133 Å². The van der Waals surface area contributed by atoms with E-state index in [1.807, 2.05) is 91.2 Å². The Hall–Kier alpha value is -4.14. The van der Waals surface area contributed by atoms with E-state index in [1.165, 1.54) is 11.3 Å². The van der Waals surface area contributed by atoms with Gasteiger partial charge in [0.1, 0.15) is 12.4 Å². The van der Waals surface area contributed by atoms with Crippen LogP contribution in [0, 0.1) is 0 Å². The van der Waals surface area contributed by atoms with Crippen LogP contribution in [-0.4, -0.2) is 30.0 Å². The number of carbonyl (C=O) groups is 1. The number of nitrogens with zero attached hydrogens (tertiary/aromatic N) is 2. The molecule has 0 amide bonds. The molecule has 0 aliphatic carbocycles. The Kier molecular flexibility index (Phi) is 8.48. The highest BCUT2D eigenvalue weighted by Crippen LogP contribution is 2.35. The van der Waals surface area contributed by atoms with Crippen LogP contribution in [0.3, 0.4) is 0 Å². The number of benzene rings is 3. The van der Waals surface area contributed by atoms with Gasteiger partial charge in [0.05, 0.1) is 28.5 Å². The number of aromatic nitrogens is 1. The van der Waals surface area contributed by atoms with Crippen molar-refractivity contribution in [3.63, 3.8) is 0 Å². The van der Waals surface area contributed by atoms with Crippen LogP contribution in [0.25, 0.3) is 11.8 Å². The predicted octanol–water partition coefficient (Wildman–Crippen LogP) is 5.22. The van der Waals surface area contributed by atoms with Crippen molar-refractivity contribution in [1.82, 2.24) is 4.57 Å². The Labute approximate surface area is 240 Å². The molecule has 0 spiro atoms. The van der Waals surface area contributed by atoms with E-state index < -0.39 is 12.0 Å². The summed E-state index contributed by atoms with van der Waals surface area (Å²) in [5.41, 5.74) is 2.93. The number of ether oxygens (including phenoxy) is 2. The molecule has 0 saturated heterocycles. The Bertz CT molecular complexity index is 1750. The first kappa shape index (κ1) is 27.4. The lowest BCUT2D eigenvalue weighted by Crippen LogP contribution is -2.40. The minimum atomic E-state index is -0.712. The van der Waals surface area contributed by atoms with Crippen LogP contribution in [0.15, 0.2) is 112 Å². The summed E-state index contributed by atoms with van der Waals surface area (Å²) in [6, 6.07) is 24.3. The van der Waals surface area contributed by atoms with Gasteiger partial charge in [-0.15, -0.1) is 11.8 Å². The number of thioether (sulfide) groups is 1. The molecule has 0 N–H and O–H groups in total. The summed E-state index contributed by atoms with van der Waals surface area (Å²) in [7, 11) is 0. The molecule has 1 aliphatic rings. The van der Waals surface area contributed by atoms with E-state index in [0.717, 1.165) is 21.6 Å². The summed E-state index contributed by atoms with van der Waals surface area (Å²) in [5.74, 6) is 0.149. The highest BCUT2D eigenvalue weighted by atomic mass is 32.2. The highest BCUT2D eigenvalue weighted by molar-refractivity contribution is 7.98. The molecule has 0 fully saturated rings. The molecule has 0 saturated carbocycles. The Morgan fingerprint density at radius 1 is 1.07 bits per heavy atom. The normalized spacial score (nSPS) is 14.8. The van der Waals surface area contributed by atoms with E-state index in [2.05, 4.69) is 6.58 Å². The molecule has 0 radical (unpaired) electrons. The third-order valence-electron chi connectivity index (χ3n) is 6.37. The number of carbonyl (C=O) groups excluding carboxylic acids is 1. The second-order valence-corrected chi connectivity index (χ2v) is 10.7. The van der Waals surface area contributed by atoms with Crippen LogP contribution in [0.5, 0.6) is 5.75 Å². The molecule has 40 heavy (non-hydrogen) atoms. The standard InChI is InChI=1S/C32H28N2O4S2/c1-4-19-38-25-14-10-9-13-23(25)20-26-30(35)34-29(22-15-17-24(39-3)18-16-22)27(31(36)37-5-2)28(33-32(34)40-26)21-11-7-6-8-12-21/h4,6-18,20,29H,1,5,19H2,2-3H3/t29-/m0/s1. The average molecular weight is 569 g/mol. The molecular weight excluding hydrogens is 540 g/mol. The zero-order valence-electron chi connectivity index (χ0n) is 22.2. The van der Waals surface area contributed by atoms with Crippen molar-refractivity contribution in [2.45, 2.75) is 17.9 Å². The number of esters is 1. The van der Waals surface area contributed by atoms with Crippen molar-refractivity contribution in [2.24, 2.45) is 4.99 Å². The van der Waals surface area contributed by atoms with Crippen LogP contribution in [0.4, 0.5) is 0 Å². The minimum absolute atomic E-state index is 0.203. The summed E-state index contributed by atoms with van der Waals surface area (Å²) in [6.45, 7) is 6.04. The lowest BCUT2D eigenvalue weighted by atomic mass is 9.93. The SMILES string of the molecule is C=CCOc1ccccc1C=c1sc2n(c1=O)[C@@H](c1ccc(SC)cc1)C(C(=O)OCC)=C(c1ccccc1)N=2. The summed E-state index contributed by atoms with van der Waals surface area (Å²) < 4.78 is 13.4. The van der Waals surface area contributed by atoms with Crippen molar-refractivity contribution >= 4 is 40.8 Å². The van der Waals surface area contributed by atoms with Crippen LogP contribution in [0.2, 0.25) is 0 Å². The molecule has 2 heterocycles. The maximum Gasteiger partial charge on any atom is 0.338 e. The number of hydrogen-bond acceptors (Lipinski definition) is 7. The van der Waals surface area contributed by atoms with Gasteiger partial charge in [-0.05, 0) is 43.0 Å². The van der Waals surface area contributed by atoms with E-state index in [1.54, 1.807) is 29.3 Å². The van der Waals surface area contributed by atoms with E-state index in [-0.39, 0.29) is 12.2 Å². The molecule has 0 bridgehead atoms. The molecule has 202 valence electrons. The van der Waals surface area contributed by atoms with Gasteiger partial charge < -0.3 is 9.47 Å². The Morgan fingerprint density at radius 2 is 1.80 bits per heavy atom. The number of fused-ring (bicyclic) bond motifs is 1. The van der Waals surface area contributed by atoms with Crippen LogP contribution >= 0.6 is 23.1 Å². The maximum atomic E-state index is 14.1. The lowest BCUT2D eigenvalue weighted by Gasteiger charge is -2.26. The first-order valence-corrected chi connectivity index (χ1v) is 14.8. The van der Waals surface area contributed by atoms with Crippen LogP contribution in [-0.2, 0) is 9.53 Å². The number of thiazole rings is 1. The smallest absolute Gasteiger partial charge is 0.338 e. The largest absolute Gasteiger partial charge is 0.489 e. The van der Waals surface area contributed by atoms with Gasteiger partial charge in [0.2, 0.25) is 0 Å². The van der Waals surface area contributed by atoms with Gasteiger partial charge in [-0.3, -0.25) is 9.36 Å². The zero-order chi connectivity index (χ0) is 28.1. The molecule has 1 aromatic heterocycles. The second-order valence-electron chi connectivity index (χ2n) is 8.84. The highest BCUT2D eigenvalue weighted by Gasteiger charge is 2.35. The monoisotopic (exact) mass is 568 g/mol. The van der Waals surface area contributed by atoms with Crippen molar-refractivity contribution in [2.75, 3.05) is 19.5 Å². The van der Waals surface area contributed by atoms with E-state index >= 15 is 0 Å². The van der Waals surface area contributed by atoms with E-state index in [0.29, 0.717) is 33.0 Å². The zero-order valence-corrected chi connectivity index (χ0v) is 23.8. The van der Waals surface area contributed by atoms with Crippen molar-refractivity contribution in [1.29, 1.82) is 0 Å². The molecule has 1 atom stereocenters. The number of rotatable bonds is 9. The van der Waals surface area contributed by atoms with Gasteiger partial charge in [-0.2, -0.15) is 0 Å². The average Bonchev–Trinajstić information content (AvgIpc) is 3.30.